The Morgan fingerprint density at radius 1 is 1.28 bits per heavy atom. The summed E-state index contributed by atoms with van der Waals surface area (Å²) >= 11 is 0. The third-order valence-corrected chi connectivity index (χ3v) is 4.61. The molecule has 2 aromatic rings. The smallest absolute Gasteiger partial charge is 0.333 e. The summed E-state index contributed by atoms with van der Waals surface area (Å²) in [6, 6.07) is 5.05. The molecule has 1 aromatic carbocycles. The van der Waals surface area contributed by atoms with E-state index in [9.17, 15) is 19.1 Å². The zero-order valence-electron chi connectivity index (χ0n) is 14.9. The van der Waals surface area contributed by atoms with Crippen LogP contribution in [-0.4, -0.2) is 26.8 Å². The summed E-state index contributed by atoms with van der Waals surface area (Å²) in [7, 11) is 1.79. The number of hydrogen-bond donors (Lipinski definition) is 2. The van der Waals surface area contributed by atoms with Crippen LogP contribution < -0.4 is 5.32 Å². The van der Waals surface area contributed by atoms with Gasteiger partial charge in [-0.15, -0.1) is 0 Å². The van der Waals surface area contributed by atoms with Crippen LogP contribution in [0.15, 0.2) is 24.3 Å². The van der Waals surface area contributed by atoms with Crippen molar-refractivity contribution in [3.05, 3.63) is 52.6 Å². The number of benzene rings is 1. The molecule has 134 valence electrons. The van der Waals surface area contributed by atoms with Crippen molar-refractivity contribution in [1.29, 1.82) is 0 Å². The second kappa shape index (κ2) is 6.66. The summed E-state index contributed by atoms with van der Waals surface area (Å²) in [5.41, 5.74) is 0.970. The number of carboxylic acids is 1. The van der Waals surface area contributed by atoms with Gasteiger partial charge in [0, 0.05) is 18.3 Å². The van der Waals surface area contributed by atoms with Crippen LogP contribution in [0.5, 0.6) is 0 Å². The fourth-order valence-corrected chi connectivity index (χ4v) is 2.93. The van der Waals surface area contributed by atoms with Crippen molar-refractivity contribution in [3.8, 4) is 0 Å². The molecule has 0 bridgehead atoms. The third-order valence-electron chi connectivity index (χ3n) is 4.61. The Balaban J connectivity index is 2.34. The predicted molar refractivity (Wildman–Crippen MR) is 90.6 cm³/mol. The second-order valence-corrected chi connectivity index (χ2v) is 6.36. The fraction of sp³-hybridized carbons (Fsp3) is 0.389. The minimum atomic E-state index is -1.66. The Morgan fingerprint density at radius 2 is 1.84 bits per heavy atom. The lowest BCUT2D eigenvalue weighted by Crippen LogP contribution is -2.50. The second-order valence-electron chi connectivity index (χ2n) is 6.36. The highest BCUT2D eigenvalue weighted by atomic mass is 19.1. The number of aryl methyl sites for hydroxylation is 2. The van der Waals surface area contributed by atoms with Crippen molar-refractivity contribution in [2.75, 3.05) is 0 Å². The number of halogens is 1. The van der Waals surface area contributed by atoms with Crippen LogP contribution in [0.2, 0.25) is 0 Å². The van der Waals surface area contributed by atoms with Crippen molar-refractivity contribution < 1.29 is 19.1 Å². The first-order valence-corrected chi connectivity index (χ1v) is 7.89. The average molecular weight is 347 g/mol. The number of aliphatic carboxylic acids is 1. The van der Waals surface area contributed by atoms with E-state index in [1.807, 2.05) is 13.8 Å². The molecule has 0 saturated carbocycles. The van der Waals surface area contributed by atoms with Crippen LogP contribution in [0.4, 0.5) is 4.39 Å². The molecule has 7 heteroatoms. The Morgan fingerprint density at radius 3 is 2.28 bits per heavy atom. The molecule has 2 unspecified atom stereocenters. The molecule has 0 saturated heterocycles. The summed E-state index contributed by atoms with van der Waals surface area (Å²) in [4.78, 5) is 24.5. The molecule has 0 aliphatic carbocycles. The number of hydrogen-bond acceptors (Lipinski definition) is 3. The fourth-order valence-electron chi connectivity index (χ4n) is 2.93. The first-order chi connectivity index (χ1) is 11.6. The molecule has 1 aromatic heterocycles. The van der Waals surface area contributed by atoms with Crippen molar-refractivity contribution in [2.24, 2.45) is 7.05 Å². The van der Waals surface area contributed by atoms with Crippen LogP contribution in [0.25, 0.3) is 0 Å². The number of amides is 1. The molecule has 2 atom stereocenters. The van der Waals surface area contributed by atoms with Gasteiger partial charge >= 0.3 is 5.97 Å². The van der Waals surface area contributed by atoms with Gasteiger partial charge in [-0.25, -0.2) is 9.18 Å². The molecule has 6 nitrogen and oxygen atoms in total. The summed E-state index contributed by atoms with van der Waals surface area (Å²) in [6.07, 6.45) is 0. The maximum Gasteiger partial charge on any atom is 0.333 e. The van der Waals surface area contributed by atoms with Gasteiger partial charge in [-0.05, 0) is 45.4 Å². The summed E-state index contributed by atoms with van der Waals surface area (Å²) in [6.45, 7) is 6.76. The Bertz CT molecular complexity index is 814. The quantitative estimate of drug-likeness (QED) is 0.870. The highest BCUT2D eigenvalue weighted by Crippen LogP contribution is 2.27. The van der Waals surface area contributed by atoms with Gasteiger partial charge in [-0.1, -0.05) is 12.1 Å². The molecule has 1 heterocycles. The van der Waals surface area contributed by atoms with Crippen LogP contribution in [0.3, 0.4) is 0 Å². The van der Waals surface area contributed by atoms with E-state index in [0.29, 0.717) is 5.56 Å². The zero-order valence-corrected chi connectivity index (χ0v) is 14.9. The molecule has 0 spiro atoms. The maximum absolute atomic E-state index is 13.1. The number of aromatic nitrogens is 2. The van der Waals surface area contributed by atoms with Gasteiger partial charge in [0.1, 0.15) is 5.82 Å². The van der Waals surface area contributed by atoms with Gasteiger partial charge in [0.2, 0.25) is 5.91 Å². The zero-order chi connectivity index (χ0) is 18.9. The van der Waals surface area contributed by atoms with Crippen molar-refractivity contribution in [1.82, 2.24) is 15.1 Å². The predicted octanol–water partition coefficient (Wildman–Crippen LogP) is 2.40. The highest BCUT2D eigenvalue weighted by Gasteiger charge is 2.38. The van der Waals surface area contributed by atoms with Crippen molar-refractivity contribution in [3.63, 3.8) is 0 Å². The van der Waals surface area contributed by atoms with Crippen molar-refractivity contribution >= 4 is 11.9 Å². The van der Waals surface area contributed by atoms with E-state index in [0.717, 1.165) is 17.0 Å². The third kappa shape index (κ3) is 3.40. The molecule has 0 aliphatic heterocycles. The number of rotatable bonds is 5. The van der Waals surface area contributed by atoms with Crippen molar-refractivity contribution in [2.45, 2.75) is 39.2 Å². The first kappa shape index (κ1) is 18.6. The summed E-state index contributed by atoms with van der Waals surface area (Å²) in [5, 5.41) is 16.5. The number of nitrogens with zero attached hydrogens (tertiary/aromatic N) is 2. The molecular formula is C18H22FN3O3. The lowest BCUT2D eigenvalue weighted by atomic mass is 9.90. The number of carbonyl (C=O) groups is 2. The number of nitrogens with one attached hydrogen (secondary N) is 1. The van der Waals surface area contributed by atoms with Gasteiger partial charge < -0.3 is 10.4 Å². The van der Waals surface area contributed by atoms with Crippen LogP contribution >= 0.6 is 0 Å². The van der Waals surface area contributed by atoms with E-state index >= 15 is 0 Å². The van der Waals surface area contributed by atoms with Crippen LogP contribution in [-0.2, 0) is 22.2 Å². The molecule has 0 radical (unpaired) electrons. The van der Waals surface area contributed by atoms with Gasteiger partial charge in [0.25, 0.3) is 0 Å². The maximum atomic E-state index is 13.1. The first-order valence-electron chi connectivity index (χ1n) is 7.89. The monoisotopic (exact) mass is 347 g/mol. The van der Waals surface area contributed by atoms with E-state index in [-0.39, 0.29) is 0 Å². The highest BCUT2D eigenvalue weighted by molar-refractivity contribution is 5.91. The van der Waals surface area contributed by atoms with E-state index in [1.54, 1.807) is 18.7 Å². The Labute approximate surface area is 145 Å². The minimum Gasteiger partial charge on any atom is -0.479 e. The lowest BCUT2D eigenvalue weighted by Gasteiger charge is -2.28. The van der Waals surface area contributed by atoms with E-state index < -0.39 is 29.2 Å². The molecule has 2 N–H and O–H groups in total. The molecular weight excluding hydrogens is 325 g/mol. The standard InChI is InChI=1S/C18H22FN3O3/c1-10(15-11(2)21-22(5)12(15)3)16(23)20-18(4,17(24)25)13-6-8-14(19)9-7-13/h6-10H,1-5H3,(H,20,23)(H,24,25). The Kier molecular flexibility index (Phi) is 4.97. The number of carbonyl (C=O) groups excluding carboxylic acids is 1. The molecule has 2 rings (SSSR count). The lowest BCUT2D eigenvalue weighted by molar-refractivity contribution is -0.147. The average Bonchev–Trinajstić information content (AvgIpc) is 2.79. The van der Waals surface area contributed by atoms with Gasteiger partial charge in [0.05, 0.1) is 11.6 Å². The largest absolute Gasteiger partial charge is 0.479 e. The van der Waals surface area contributed by atoms with Gasteiger partial charge in [-0.3, -0.25) is 9.48 Å². The van der Waals surface area contributed by atoms with E-state index in [1.165, 1.54) is 31.2 Å². The Hall–Kier alpha value is -2.70. The SMILES string of the molecule is Cc1nn(C)c(C)c1C(C)C(=O)NC(C)(C(=O)O)c1ccc(F)cc1. The normalized spacial score (nSPS) is 14.6. The van der Waals surface area contributed by atoms with E-state index in [2.05, 4.69) is 10.4 Å². The van der Waals surface area contributed by atoms with Crippen LogP contribution in [0, 0.1) is 19.7 Å². The summed E-state index contributed by atoms with van der Waals surface area (Å²) in [5.74, 6) is -2.71. The molecule has 1 amide bonds. The minimum absolute atomic E-state index is 0.293. The number of carboxylic acid groups (broad SMARTS) is 1. The molecule has 0 aliphatic rings. The van der Waals surface area contributed by atoms with Gasteiger partial charge in [-0.2, -0.15) is 5.10 Å². The van der Waals surface area contributed by atoms with Gasteiger partial charge in [0.15, 0.2) is 5.54 Å². The topological polar surface area (TPSA) is 84.2 Å². The van der Waals surface area contributed by atoms with E-state index in [4.69, 9.17) is 0 Å². The van der Waals surface area contributed by atoms with Crippen LogP contribution in [0.1, 0.15) is 42.3 Å². The summed E-state index contributed by atoms with van der Waals surface area (Å²) < 4.78 is 14.8. The molecule has 25 heavy (non-hydrogen) atoms. The molecule has 0 fully saturated rings.